The first-order valence-electron chi connectivity index (χ1n) is 5.17. The molecule has 0 amide bonds. The Morgan fingerprint density at radius 1 is 1.06 bits per heavy atom. The maximum absolute atomic E-state index is 12.2. The molecule has 1 aliphatic rings. The van der Waals surface area contributed by atoms with E-state index in [2.05, 4.69) is 0 Å². The molecule has 0 saturated heterocycles. The summed E-state index contributed by atoms with van der Waals surface area (Å²) in [5, 5.41) is 0.391. The number of ketones is 2. The summed E-state index contributed by atoms with van der Waals surface area (Å²) < 4.78 is 0. The number of carbonyl (C=O) groups excluding carboxylic acids is 2. The second-order valence-electron chi connectivity index (χ2n) is 4.83. The van der Waals surface area contributed by atoms with Gasteiger partial charge in [0.05, 0.1) is 10.4 Å². The minimum Gasteiger partial charge on any atom is -0.293 e. The van der Waals surface area contributed by atoms with Crippen LogP contribution in [0.25, 0.3) is 0 Å². The molecule has 16 heavy (non-hydrogen) atoms. The molecule has 0 radical (unpaired) electrons. The first-order valence-corrected chi connectivity index (χ1v) is 5.55. The average molecular weight is 237 g/mol. The highest BCUT2D eigenvalue weighted by atomic mass is 35.5. The number of benzene rings is 1. The molecule has 0 saturated carbocycles. The van der Waals surface area contributed by atoms with Crippen LogP contribution in [0, 0.1) is 19.3 Å². The predicted octanol–water partition coefficient (Wildman–Crippen LogP) is 3.36. The summed E-state index contributed by atoms with van der Waals surface area (Å²) in [4.78, 5) is 24.3. The molecule has 0 aliphatic heterocycles. The maximum Gasteiger partial charge on any atom is 0.178 e. The van der Waals surface area contributed by atoms with E-state index < -0.39 is 5.41 Å². The molecule has 2 nitrogen and oxygen atoms in total. The molecular weight excluding hydrogens is 224 g/mol. The summed E-state index contributed by atoms with van der Waals surface area (Å²) in [6, 6.07) is 1.75. The van der Waals surface area contributed by atoms with Crippen molar-refractivity contribution in [2.24, 2.45) is 5.41 Å². The maximum atomic E-state index is 12.2. The number of hydrogen-bond acceptors (Lipinski definition) is 2. The summed E-state index contributed by atoms with van der Waals surface area (Å²) in [6.45, 7) is 7.06. The molecule has 2 rings (SSSR count). The third-order valence-corrected chi connectivity index (χ3v) is 3.69. The van der Waals surface area contributed by atoms with Gasteiger partial charge in [0.25, 0.3) is 0 Å². The van der Waals surface area contributed by atoms with E-state index in [1.54, 1.807) is 19.9 Å². The molecule has 0 heterocycles. The molecule has 0 spiro atoms. The van der Waals surface area contributed by atoms with Gasteiger partial charge < -0.3 is 0 Å². The van der Waals surface area contributed by atoms with Crippen LogP contribution in [0.4, 0.5) is 0 Å². The lowest BCUT2D eigenvalue weighted by atomic mass is 9.87. The van der Waals surface area contributed by atoms with Crippen molar-refractivity contribution in [1.29, 1.82) is 0 Å². The Bertz CT molecular complexity index is 527. The topological polar surface area (TPSA) is 34.1 Å². The summed E-state index contributed by atoms with van der Waals surface area (Å²) in [7, 11) is 0. The van der Waals surface area contributed by atoms with Crippen molar-refractivity contribution >= 4 is 23.2 Å². The lowest BCUT2D eigenvalue weighted by Crippen LogP contribution is -2.25. The molecule has 0 unspecified atom stereocenters. The van der Waals surface area contributed by atoms with Gasteiger partial charge in [-0.05, 0) is 44.9 Å². The van der Waals surface area contributed by atoms with E-state index in [-0.39, 0.29) is 11.6 Å². The first-order chi connectivity index (χ1) is 7.28. The van der Waals surface area contributed by atoms with Crippen molar-refractivity contribution < 1.29 is 9.59 Å². The fraction of sp³-hybridized carbons (Fsp3) is 0.385. The molecule has 0 N–H and O–H groups in total. The third-order valence-electron chi connectivity index (χ3n) is 3.39. The van der Waals surface area contributed by atoms with Crippen LogP contribution in [0.15, 0.2) is 6.07 Å². The van der Waals surface area contributed by atoms with Crippen molar-refractivity contribution in [1.82, 2.24) is 0 Å². The van der Waals surface area contributed by atoms with Gasteiger partial charge in [-0.1, -0.05) is 11.6 Å². The average Bonchev–Trinajstić information content (AvgIpc) is 2.37. The zero-order chi connectivity index (χ0) is 12.2. The van der Waals surface area contributed by atoms with Gasteiger partial charge in [-0.25, -0.2) is 0 Å². The number of halogens is 1. The van der Waals surface area contributed by atoms with Crippen LogP contribution in [-0.4, -0.2) is 11.6 Å². The Kier molecular flexibility index (Phi) is 2.25. The summed E-state index contributed by atoms with van der Waals surface area (Å²) in [6.07, 6.45) is 0. The normalized spacial score (nSPS) is 17.8. The Balaban J connectivity index is 2.88. The summed E-state index contributed by atoms with van der Waals surface area (Å²) in [5.74, 6) is -0.281. The minimum absolute atomic E-state index is 0.115. The van der Waals surface area contributed by atoms with E-state index in [9.17, 15) is 9.59 Å². The molecule has 0 fully saturated rings. The molecule has 0 atom stereocenters. The van der Waals surface area contributed by atoms with Crippen molar-refractivity contribution in [3.8, 4) is 0 Å². The minimum atomic E-state index is -0.968. The van der Waals surface area contributed by atoms with Crippen LogP contribution in [0.2, 0.25) is 5.02 Å². The van der Waals surface area contributed by atoms with Gasteiger partial charge in [-0.15, -0.1) is 0 Å². The van der Waals surface area contributed by atoms with Crippen LogP contribution >= 0.6 is 11.6 Å². The number of rotatable bonds is 0. The van der Waals surface area contributed by atoms with Crippen LogP contribution in [0.1, 0.15) is 45.7 Å². The van der Waals surface area contributed by atoms with Crippen molar-refractivity contribution in [3.05, 3.63) is 33.3 Å². The van der Waals surface area contributed by atoms with Gasteiger partial charge in [-0.3, -0.25) is 9.59 Å². The third kappa shape index (κ3) is 1.20. The first kappa shape index (κ1) is 11.3. The Hall–Kier alpha value is -1.15. The smallest absolute Gasteiger partial charge is 0.178 e. The molecule has 84 valence electrons. The van der Waals surface area contributed by atoms with Crippen LogP contribution in [0.3, 0.4) is 0 Å². The van der Waals surface area contributed by atoms with E-state index >= 15 is 0 Å². The molecule has 1 aromatic carbocycles. The molecule has 1 aromatic rings. The van der Waals surface area contributed by atoms with E-state index in [1.165, 1.54) is 0 Å². The van der Waals surface area contributed by atoms with E-state index in [4.69, 9.17) is 11.6 Å². The van der Waals surface area contributed by atoms with E-state index in [1.807, 2.05) is 13.8 Å². The monoisotopic (exact) mass is 236 g/mol. The standard InChI is InChI=1S/C13H13ClO2/c1-6-5-8(14)10-9(7(6)2)11(15)13(3,4)12(10)16/h5H,1-4H3. The predicted molar refractivity (Wildman–Crippen MR) is 63.4 cm³/mol. The highest BCUT2D eigenvalue weighted by Crippen LogP contribution is 2.41. The van der Waals surface area contributed by atoms with Crippen molar-refractivity contribution in [2.75, 3.05) is 0 Å². The SMILES string of the molecule is Cc1cc(Cl)c2c(c1C)C(=O)C(C)(C)C2=O. The van der Waals surface area contributed by atoms with Crippen LogP contribution in [-0.2, 0) is 0 Å². The second kappa shape index (κ2) is 3.17. The number of carbonyl (C=O) groups is 2. The number of fused-ring (bicyclic) bond motifs is 1. The van der Waals surface area contributed by atoms with Gasteiger partial charge in [0.1, 0.15) is 0 Å². The molecule has 1 aliphatic carbocycles. The lowest BCUT2D eigenvalue weighted by Gasteiger charge is -2.11. The zero-order valence-electron chi connectivity index (χ0n) is 9.77. The molecule has 3 heteroatoms. The molecule has 0 bridgehead atoms. The zero-order valence-corrected chi connectivity index (χ0v) is 10.5. The molecule has 0 aromatic heterocycles. The fourth-order valence-electron chi connectivity index (χ4n) is 2.11. The van der Waals surface area contributed by atoms with Gasteiger partial charge >= 0.3 is 0 Å². The largest absolute Gasteiger partial charge is 0.293 e. The quantitative estimate of drug-likeness (QED) is 0.648. The number of Topliss-reactive ketones (excluding diaryl/α,β-unsaturated/α-hetero) is 2. The summed E-state index contributed by atoms with van der Waals surface area (Å²) >= 11 is 6.06. The van der Waals surface area contributed by atoms with Crippen molar-refractivity contribution in [2.45, 2.75) is 27.7 Å². The van der Waals surface area contributed by atoms with Crippen LogP contribution < -0.4 is 0 Å². The highest BCUT2D eigenvalue weighted by Gasteiger charge is 2.47. The Morgan fingerprint density at radius 3 is 2.12 bits per heavy atom. The van der Waals surface area contributed by atoms with E-state index in [0.29, 0.717) is 16.1 Å². The highest BCUT2D eigenvalue weighted by molar-refractivity contribution is 6.40. The van der Waals surface area contributed by atoms with Gasteiger partial charge in [-0.2, -0.15) is 0 Å². The van der Waals surface area contributed by atoms with E-state index in [0.717, 1.165) is 11.1 Å². The summed E-state index contributed by atoms with van der Waals surface area (Å²) in [5.41, 5.74) is 1.76. The van der Waals surface area contributed by atoms with Crippen molar-refractivity contribution in [3.63, 3.8) is 0 Å². The van der Waals surface area contributed by atoms with Gasteiger partial charge in [0, 0.05) is 11.1 Å². The number of hydrogen-bond donors (Lipinski definition) is 0. The fourth-order valence-corrected chi connectivity index (χ4v) is 2.45. The molecular formula is C13H13ClO2. The van der Waals surface area contributed by atoms with Crippen LogP contribution in [0.5, 0.6) is 0 Å². The second-order valence-corrected chi connectivity index (χ2v) is 5.24. The van der Waals surface area contributed by atoms with Gasteiger partial charge in [0.15, 0.2) is 11.6 Å². The lowest BCUT2D eigenvalue weighted by molar-refractivity contribution is 0.0746. The Labute approximate surface area is 99.6 Å². The van der Waals surface area contributed by atoms with Gasteiger partial charge in [0.2, 0.25) is 0 Å². The Morgan fingerprint density at radius 2 is 1.56 bits per heavy atom. The number of aryl methyl sites for hydroxylation is 1.